The first-order valence-corrected chi connectivity index (χ1v) is 8.72. The van der Waals surface area contributed by atoms with Gasteiger partial charge in [-0.2, -0.15) is 0 Å². The minimum absolute atomic E-state index is 0.217. The average Bonchev–Trinajstić information content (AvgIpc) is 2.68. The second-order valence-corrected chi connectivity index (χ2v) is 6.34. The van der Waals surface area contributed by atoms with Crippen molar-refractivity contribution in [2.24, 2.45) is 0 Å². The molecule has 0 bridgehead atoms. The predicted octanol–water partition coefficient (Wildman–Crippen LogP) is 7.48. The van der Waals surface area contributed by atoms with Gasteiger partial charge in [-0.05, 0) is 68.9 Å². The van der Waals surface area contributed by atoms with Crippen LogP contribution in [-0.2, 0) is 0 Å². The Kier molecular flexibility index (Phi) is 4.14. The Bertz CT molecular complexity index is 1150. The number of rotatable bonds is 3. The predicted molar refractivity (Wildman–Crippen MR) is 112 cm³/mol. The van der Waals surface area contributed by atoms with Crippen molar-refractivity contribution in [3.05, 3.63) is 96.3 Å². The van der Waals surface area contributed by atoms with Gasteiger partial charge in [-0.1, -0.05) is 73.3 Å². The number of fused-ring (bicyclic) bond motifs is 3. The van der Waals surface area contributed by atoms with Crippen molar-refractivity contribution in [2.45, 2.75) is 6.92 Å². The number of benzene rings is 4. The molecule has 4 aromatic rings. The average molecular weight is 338 g/mol. The molecule has 26 heavy (non-hydrogen) atoms. The zero-order valence-electron chi connectivity index (χ0n) is 14.7. The van der Waals surface area contributed by atoms with Crippen molar-refractivity contribution >= 4 is 33.7 Å². The van der Waals surface area contributed by atoms with E-state index in [0.717, 1.165) is 16.7 Å². The van der Waals surface area contributed by atoms with Gasteiger partial charge in [-0.15, -0.1) is 0 Å². The SMILES string of the molecule is C=Cc1c(/C=C\C)c2ccc(-c3ccc(F)cc3)cc2c2ccccc12. The van der Waals surface area contributed by atoms with Crippen molar-refractivity contribution in [3.8, 4) is 11.1 Å². The summed E-state index contributed by atoms with van der Waals surface area (Å²) in [4.78, 5) is 0. The van der Waals surface area contributed by atoms with Crippen LogP contribution in [0.2, 0.25) is 0 Å². The summed E-state index contributed by atoms with van der Waals surface area (Å²) in [7, 11) is 0. The van der Waals surface area contributed by atoms with E-state index in [1.165, 1.54) is 39.2 Å². The second-order valence-electron chi connectivity index (χ2n) is 6.34. The van der Waals surface area contributed by atoms with Gasteiger partial charge >= 0.3 is 0 Å². The van der Waals surface area contributed by atoms with Gasteiger partial charge in [-0.25, -0.2) is 4.39 Å². The highest BCUT2D eigenvalue weighted by Gasteiger charge is 2.11. The van der Waals surface area contributed by atoms with Crippen molar-refractivity contribution in [3.63, 3.8) is 0 Å². The van der Waals surface area contributed by atoms with Gasteiger partial charge in [0.1, 0.15) is 5.82 Å². The Labute approximate surface area is 152 Å². The summed E-state index contributed by atoms with van der Waals surface area (Å²) in [5.41, 5.74) is 4.43. The zero-order valence-corrected chi connectivity index (χ0v) is 14.7. The maximum absolute atomic E-state index is 13.3. The molecule has 0 unspecified atom stereocenters. The molecule has 0 aliphatic carbocycles. The molecule has 0 aliphatic heterocycles. The van der Waals surface area contributed by atoms with Crippen molar-refractivity contribution < 1.29 is 4.39 Å². The highest BCUT2D eigenvalue weighted by molar-refractivity contribution is 6.15. The minimum atomic E-state index is -0.217. The van der Waals surface area contributed by atoms with Gasteiger partial charge in [0, 0.05) is 0 Å². The Morgan fingerprint density at radius 2 is 1.38 bits per heavy atom. The summed E-state index contributed by atoms with van der Waals surface area (Å²) in [5.74, 6) is -0.217. The first kappa shape index (κ1) is 16.3. The van der Waals surface area contributed by atoms with Gasteiger partial charge < -0.3 is 0 Å². The van der Waals surface area contributed by atoms with Crippen LogP contribution >= 0.6 is 0 Å². The lowest BCUT2D eigenvalue weighted by Gasteiger charge is -2.14. The molecule has 0 atom stereocenters. The van der Waals surface area contributed by atoms with E-state index in [0.29, 0.717) is 0 Å². The molecule has 0 saturated carbocycles. The van der Waals surface area contributed by atoms with E-state index in [-0.39, 0.29) is 5.82 Å². The number of allylic oxidation sites excluding steroid dienone is 1. The maximum Gasteiger partial charge on any atom is 0.123 e. The third-order valence-electron chi connectivity index (χ3n) is 4.82. The molecule has 126 valence electrons. The molecule has 0 fully saturated rings. The second kappa shape index (κ2) is 6.61. The molecule has 4 rings (SSSR count). The van der Waals surface area contributed by atoms with Crippen LogP contribution in [0.25, 0.3) is 44.8 Å². The fraction of sp³-hybridized carbons (Fsp3) is 0.0400. The Hall–Kier alpha value is -3.19. The van der Waals surface area contributed by atoms with E-state index in [9.17, 15) is 4.39 Å². The lowest BCUT2D eigenvalue weighted by molar-refractivity contribution is 0.628. The van der Waals surface area contributed by atoms with E-state index in [2.05, 4.69) is 61.2 Å². The van der Waals surface area contributed by atoms with Crippen LogP contribution in [-0.4, -0.2) is 0 Å². The van der Waals surface area contributed by atoms with E-state index in [1.807, 2.05) is 25.1 Å². The molecule has 0 aliphatic rings. The first-order valence-electron chi connectivity index (χ1n) is 8.72. The Morgan fingerprint density at radius 1 is 0.731 bits per heavy atom. The van der Waals surface area contributed by atoms with Crippen LogP contribution in [0.4, 0.5) is 4.39 Å². The molecule has 0 saturated heterocycles. The molecule has 0 nitrogen and oxygen atoms in total. The Morgan fingerprint density at radius 3 is 2.08 bits per heavy atom. The summed E-state index contributed by atoms with van der Waals surface area (Å²) in [6, 6.07) is 21.5. The van der Waals surface area contributed by atoms with Crippen molar-refractivity contribution in [2.75, 3.05) is 0 Å². The molecule has 1 heteroatoms. The lowest BCUT2D eigenvalue weighted by Crippen LogP contribution is -1.90. The lowest BCUT2D eigenvalue weighted by atomic mass is 9.89. The van der Waals surface area contributed by atoms with E-state index >= 15 is 0 Å². The molecule has 0 aromatic heterocycles. The standard InChI is InChI=1S/C25H19F/c1-3-7-21-20(4-2)22-8-5-6-9-23(22)25-16-18(12-15-24(21)25)17-10-13-19(26)14-11-17/h3-16H,2H2,1H3/b7-3-. The topological polar surface area (TPSA) is 0 Å². The zero-order chi connectivity index (χ0) is 18.1. The van der Waals surface area contributed by atoms with E-state index < -0.39 is 0 Å². The summed E-state index contributed by atoms with van der Waals surface area (Å²) in [6.07, 6.45) is 6.14. The monoisotopic (exact) mass is 338 g/mol. The maximum atomic E-state index is 13.3. The van der Waals surface area contributed by atoms with Gasteiger partial charge in [-0.3, -0.25) is 0 Å². The third-order valence-corrected chi connectivity index (χ3v) is 4.82. The van der Waals surface area contributed by atoms with E-state index in [1.54, 1.807) is 0 Å². The smallest absolute Gasteiger partial charge is 0.123 e. The summed E-state index contributed by atoms with van der Waals surface area (Å²) in [6.45, 7) is 6.06. The fourth-order valence-corrected chi connectivity index (χ4v) is 3.63. The normalized spacial score (nSPS) is 11.5. The number of halogens is 1. The molecular formula is C25H19F. The molecule has 0 spiro atoms. The van der Waals surface area contributed by atoms with Crippen LogP contribution in [0, 0.1) is 5.82 Å². The Balaban J connectivity index is 2.11. The summed E-state index contributed by atoms with van der Waals surface area (Å²) in [5, 5.41) is 4.79. The van der Waals surface area contributed by atoms with Crippen LogP contribution < -0.4 is 0 Å². The summed E-state index contributed by atoms with van der Waals surface area (Å²) < 4.78 is 13.3. The van der Waals surface area contributed by atoms with Gasteiger partial charge in [0.05, 0.1) is 0 Å². The number of hydrogen-bond donors (Lipinski definition) is 0. The van der Waals surface area contributed by atoms with Crippen molar-refractivity contribution in [1.29, 1.82) is 0 Å². The molecule has 0 amide bonds. The minimum Gasteiger partial charge on any atom is -0.207 e. The molecule has 0 radical (unpaired) electrons. The largest absolute Gasteiger partial charge is 0.207 e. The van der Waals surface area contributed by atoms with E-state index in [4.69, 9.17) is 0 Å². The summed E-state index contributed by atoms with van der Waals surface area (Å²) >= 11 is 0. The van der Waals surface area contributed by atoms with Gasteiger partial charge in [0.25, 0.3) is 0 Å². The van der Waals surface area contributed by atoms with Gasteiger partial charge in [0.15, 0.2) is 0 Å². The first-order chi connectivity index (χ1) is 12.7. The van der Waals surface area contributed by atoms with Crippen LogP contribution in [0.15, 0.2) is 79.4 Å². The molecular weight excluding hydrogens is 319 g/mol. The highest BCUT2D eigenvalue weighted by Crippen LogP contribution is 2.36. The third kappa shape index (κ3) is 2.62. The quantitative estimate of drug-likeness (QED) is 0.340. The van der Waals surface area contributed by atoms with Gasteiger partial charge in [0.2, 0.25) is 0 Å². The van der Waals surface area contributed by atoms with Crippen LogP contribution in [0.3, 0.4) is 0 Å². The van der Waals surface area contributed by atoms with Crippen LogP contribution in [0.5, 0.6) is 0 Å². The highest BCUT2D eigenvalue weighted by atomic mass is 19.1. The molecule has 0 heterocycles. The number of hydrogen-bond acceptors (Lipinski definition) is 0. The van der Waals surface area contributed by atoms with Crippen LogP contribution in [0.1, 0.15) is 18.1 Å². The molecule has 4 aromatic carbocycles. The van der Waals surface area contributed by atoms with Crippen molar-refractivity contribution in [1.82, 2.24) is 0 Å². The molecule has 0 N–H and O–H groups in total. The fourth-order valence-electron chi connectivity index (χ4n) is 3.63.